The monoisotopic (exact) mass is 935 g/mol. The van der Waals surface area contributed by atoms with Gasteiger partial charge in [0, 0.05) is 44.8 Å². The second-order valence-corrected chi connectivity index (χ2v) is 20.0. The van der Waals surface area contributed by atoms with E-state index >= 15 is 0 Å². The van der Waals surface area contributed by atoms with Crippen molar-refractivity contribution in [1.82, 2.24) is 9.61 Å². The number of hydrogen-bond donors (Lipinski definition) is 0. The number of pyridine rings is 1. The minimum absolute atomic E-state index is 0.167. The fraction of sp³-hybridized carbons (Fsp3) is 0.100. The summed E-state index contributed by atoms with van der Waals surface area (Å²) in [6, 6.07) is 96.9. The van der Waals surface area contributed by atoms with Gasteiger partial charge in [0.2, 0.25) is 0 Å². The molecule has 0 radical (unpaired) electrons. The number of benzene rings is 10. The number of hydrogen-bond acceptors (Lipinski definition) is 2. The van der Waals surface area contributed by atoms with Crippen LogP contribution in [0.4, 0.5) is 11.4 Å². The topological polar surface area (TPSA) is 20.5 Å². The number of rotatable bonds is 9. The molecule has 0 atom stereocenters. The summed E-state index contributed by atoms with van der Waals surface area (Å²) >= 11 is 0. The molecule has 0 unspecified atom stereocenters. The summed E-state index contributed by atoms with van der Waals surface area (Å²) in [5.41, 5.74) is 18.7. The standard InChI is InChI=1S/C70H53N3/c1-6-24-50(25-7-1)64-66(51-26-8-2-9-27-51)71-73-67(52-28-10-3-11-29-52)69(59-36-19-18-35-58(59)68(64)73)72(57-45-43-49(44-46-57)54-42-41-48-23-16-17-30-53(48)47-54)63-40-22-39-62-65(63)60-37-20-21-38-61(60)70(62,55-31-12-4-13-32-55)56-33-14-5-15-34-56/h1-42,47,49,57H,43-46H2. The van der Waals surface area contributed by atoms with Crippen molar-refractivity contribution in [3.63, 3.8) is 0 Å². The molecule has 0 saturated heterocycles. The van der Waals surface area contributed by atoms with E-state index in [0.717, 1.165) is 64.8 Å². The largest absolute Gasteiger partial charge is 0.336 e. The van der Waals surface area contributed by atoms with Gasteiger partial charge in [0.05, 0.1) is 22.3 Å². The SMILES string of the molecule is c1ccc(-c2nn3c(-c4ccccc4)c(N(c4cccc5c4-c4ccccc4C5(c4ccccc4)c4ccccc4)C4CCC(c5ccc6ccccc6c5)CC4)c4ccccc4c3c2-c2ccccc2)cc1. The summed E-state index contributed by atoms with van der Waals surface area (Å²) < 4.78 is 2.32. The van der Waals surface area contributed by atoms with E-state index < -0.39 is 5.41 Å². The van der Waals surface area contributed by atoms with Crippen molar-refractivity contribution >= 4 is 38.4 Å². The van der Waals surface area contributed by atoms with Gasteiger partial charge in [0.25, 0.3) is 0 Å². The van der Waals surface area contributed by atoms with Gasteiger partial charge in [-0.2, -0.15) is 5.10 Å². The van der Waals surface area contributed by atoms with Gasteiger partial charge < -0.3 is 4.90 Å². The molecule has 2 aromatic heterocycles. The van der Waals surface area contributed by atoms with Crippen LogP contribution in [-0.2, 0) is 5.41 Å². The Balaban J connectivity index is 1.08. The molecule has 0 amide bonds. The maximum atomic E-state index is 5.85. The molecule has 14 rings (SSSR count). The highest BCUT2D eigenvalue weighted by atomic mass is 15.3. The fourth-order valence-corrected chi connectivity index (χ4v) is 13.0. The zero-order chi connectivity index (χ0) is 48.3. The third-order valence-electron chi connectivity index (χ3n) is 16.2. The molecule has 12 aromatic rings. The van der Waals surface area contributed by atoms with Crippen LogP contribution in [0.1, 0.15) is 59.4 Å². The van der Waals surface area contributed by atoms with Crippen LogP contribution in [0.5, 0.6) is 0 Å². The second kappa shape index (κ2) is 17.8. The molecular formula is C70H53N3. The molecule has 0 bridgehead atoms. The number of nitrogens with zero attached hydrogens (tertiary/aromatic N) is 3. The lowest BCUT2D eigenvalue weighted by Gasteiger charge is -2.41. The summed E-state index contributed by atoms with van der Waals surface area (Å²) in [4.78, 5) is 2.81. The van der Waals surface area contributed by atoms with Gasteiger partial charge in [-0.3, -0.25) is 0 Å². The molecule has 10 aromatic carbocycles. The van der Waals surface area contributed by atoms with Crippen molar-refractivity contribution in [3.8, 4) is 44.8 Å². The highest BCUT2D eigenvalue weighted by molar-refractivity contribution is 6.15. The Bertz CT molecular complexity index is 3930. The summed E-state index contributed by atoms with van der Waals surface area (Å²) in [5, 5.41) is 10.8. The van der Waals surface area contributed by atoms with Crippen molar-refractivity contribution in [2.45, 2.75) is 43.1 Å². The van der Waals surface area contributed by atoms with E-state index in [-0.39, 0.29) is 6.04 Å². The van der Waals surface area contributed by atoms with Crippen LogP contribution in [0.25, 0.3) is 71.8 Å². The van der Waals surface area contributed by atoms with Crippen LogP contribution in [-0.4, -0.2) is 15.7 Å². The first kappa shape index (κ1) is 43.0. The first-order valence-corrected chi connectivity index (χ1v) is 26.0. The van der Waals surface area contributed by atoms with E-state index in [0.29, 0.717) is 5.92 Å². The quantitative estimate of drug-likeness (QED) is 0.144. The van der Waals surface area contributed by atoms with Gasteiger partial charge in [-0.1, -0.05) is 255 Å². The lowest BCUT2D eigenvalue weighted by atomic mass is 9.67. The third kappa shape index (κ3) is 6.90. The lowest BCUT2D eigenvalue weighted by Crippen LogP contribution is -2.36. The van der Waals surface area contributed by atoms with Crippen molar-refractivity contribution in [2.24, 2.45) is 0 Å². The Labute approximate surface area is 427 Å². The average Bonchev–Trinajstić information content (AvgIpc) is 4.02. The fourth-order valence-electron chi connectivity index (χ4n) is 13.0. The van der Waals surface area contributed by atoms with E-state index in [2.05, 4.69) is 270 Å². The van der Waals surface area contributed by atoms with Crippen LogP contribution < -0.4 is 4.90 Å². The Kier molecular flexibility index (Phi) is 10.5. The summed E-state index contributed by atoms with van der Waals surface area (Å²) in [5.74, 6) is 0.467. The van der Waals surface area contributed by atoms with Crippen LogP contribution >= 0.6 is 0 Å². The molecule has 2 heterocycles. The lowest BCUT2D eigenvalue weighted by molar-refractivity contribution is 0.392. The van der Waals surface area contributed by atoms with Crippen molar-refractivity contribution in [3.05, 3.63) is 289 Å². The Morgan fingerprint density at radius 3 is 1.66 bits per heavy atom. The molecule has 0 spiro atoms. The van der Waals surface area contributed by atoms with Gasteiger partial charge >= 0.3 is 0 Å². The van der Waals surface area contributed by atoms with Gasteiger partial charge in [0.15, 0.2) is 0 Å². The van der Waals surface area contributed by atoms with E-state index in [1.807, 2.05) is 0 Å². The van der Waals surface area contributed by atoms with Gasteiger partial charge in [0.1, 0.15) is 5.69 Å². The Morgan fingerprint density at radius 1 is 0.425 bits per heavy atom. The maximum absolute atomic E-state index is 5.85. The second-order valence-electron chi connectivity index (χ2n) is 20.0. The molecule has 0 N–H and O–H groups in total. The molecular weight excluding hydrogens is 883 g/mol. The number of anilines is 2. The molecule has 3 nitrogen and oxygen atoms in total. The minimum atomic E-state index is -0.546. The molecule has 3 heteroatoms. The third-order valence-corrected chi connectivity index (χ3v) is 16.2. The highest BCUT2D eigenvalue weighted by Gasteiger charge is 2.48. The normalized spacial score (nSPS) is 15.8. The predicted octanol–water partition coefficient (Wildman–Crippen LogP) is 17.9. The molecule has 2 aliphatic rings. The van der Waals surface area contributed by atoms with E-state index in [4.69, 9.17) is 5.10 Å². The molecule has 348 valence electrons. The van der Waals surface area contributed by atoms with Crippen LogP contribution in [0.15, 0.2) is 261 Å². The van der Waals surface area contributed by atoms with Crippen molar-refractivity contribution < 1.29 is 0 Å². The molecule has 1 saturated carbocycles. The van der Waals surface area contributed by atoms with E-state index in [1.165, 1.54) is 71.9 Å². The zero-order valence-electron chi connectivity index (χ0n) is 40.7. The first-order chi connectivity index (χ1) is 36.3. The van der Waals surface area contributed by atoms with Crippen LogP contribution in [0.2, 0.25) is 0 Å². The van der Waals surface area contributed by atoms with Crippen molar-refractivity contribution in [1.29, 1.82) is 0 Å². The van der Waals surface area contributed by atoms with Gasteiger partial charge in [-0.15, -0.1) is 0 Å². The summed E-state index contributed by atoms with van der Waals surface area (Å²) in [6.07, 6.45) is 4.22. The Morgan fingerprint density at radius 2 is 0.973 bits per heavy atom. The summed E-state index contributed by atoms with van der Waals surface area (Å²) in [7, 11) is 0. The van der Waals surface area contributed by atoms with Crippen LogP contribution in [0, 0.1) is 0 Å². The molecule has 1 fully saturated rings. The molecule has 0 aliphatic heterocycles. The number of aromatic nitrogens is 2. The van der Waals surface area contributed by atoms with E-state index in [1.54, 1.807) is 0 Å². The Hall–Kier alpha value is -8.79. The highest BCUT2D eigenvalue weighted by Crippen LogP contribution is 2.60. The molecule has 2 aliphatic carbocycles. The van der Waals surface area contributed by atoms with Crippen LogP contribution in [0.3, 0.4) is 0 Å². The van der Waals surface area contributed by atoms with E-state index in [9.17, 15) is 0 Å². The van der Waals surface area contributed by atoms with Crippen molar-refractivity contribution in [2.75, 3.05) is 4.90 Å². The summed E-state index contributed by atoms with van der Waals surface area (Å²) in [6.45, 7) is 0. The average molecular weight is 936 g/mol. The van der Waals surface area contributed by atoms with Gasteiger partial charge in [-0.25, -0.2) is 4.52 Å². The minimum Gasteiger partial charge on any atom is -0.336 e. The predicted molar refractivity (Wildman–Crippen MR) is 304 cm³/mol. The van der Waals surface area contributed by atoms with Gasteiger partial charge in [-0.05, 0) is 87.4 Å². The number of fused-ring (bicyclic) bond motifs is 7. The maximum Gasteiger partial charge on any atom is 0.101 e. The smallest absolute Gasteiger partial charge is 0.101 e. The first-order valence-electron chi connectivity index (χ1n) is 26.0. The molecule has 73 heavy (non-hydrogen) atoms. The zero-order valence-corrected chi connectivity index (χ0v) is 40.7.